The number of nitrogens with one attached hydrogen (secondary N) is 2. The predicted octanol–water partition coefficient (Wildman–Crippen LogP) is 5.96. The molecule has 0 saturated carbocycles. The smallest absolute Gasteiger partial charge is 0.291 e. The molecular weight excluding hydrogens is 430 g/mol. The summed E-state index contributed by atoms with van der Waals surface area (Å²) in [6, 6.07) is 16.7. The van der Waals surface area contributed by atoms with E-state index in [-0.39, 0.29) is 22.8 Å². The third-order valence-electron chi connectivity index (χ3n) is 4.55. The predicted molar refractivity (Wildman–Crippen MR) is 126 cm³/mol. The van der Waals surface area contributed by atoms with Crippen LogP contribution in [0.25, 0.3) is 10.2 Å². The maximum atomic E-state index is 12.9. The zero-order valence-electron chi connectivity index (χ0n) is 17.0. The number of hydrogen-bond donors (Lipinski definition) is 2. The molecule has 6 nitrogen and oxygen atoms in total. The molecule has 1 unspecified atom stereocenters. The molecule has 8 heteroatoms. The van der Waals surface area contributed by atoms with Crippen molar-refractivity contribution in [2.45, 2.75) is 30.4 Å². The van der Waals surface area contributed by atoms with E-state index in [1.165, 1.54) is 29.4 Å². The number of anilines is 2. The van der Waals surface area contributed by atoms with E-state index in [0.29, 0.717) is 17.2 Å². The minimum Gasteiger partial charge on any atom is -0.459 e. The monoisotopic (exact) mass is 451 g/mol. The average Bonchev–Trinajstić information content (AvgIpc) is 3.41. The van der Waals surface area contributed by atoms with Crippen molar-refractivity contribution in [3.8, 4) is 0 Å². The van der Waals surface area contributed by atoms with E-state index in [0.717, 1.165) is 20.7 Å². The highest BCUT2D eigenvalue weighted by atomic mass is 32.2. The lowest BCUT2D eigenvalue weighted by molar-refractivity contribution is -0.115. The number of carbonyl (C=O) groups excluding carboxylic acids is 2. The number of aromatic nitrogens is 1. The van der Waals surface area contributed by atoms with Crippen molar-refractivity contribution in [3.05, 3.63) is 72.2 Å². The summed E-state index contributed by atoms with van der Waals surface area (Å²) in [5.41, 5.74) is 2.69. The van der Waals surface area contributed by atoms with Gasteiger partial charge in [0.2, 0.25) is 5.91 Å². The van der Waals surface area contributed by atoms with Gasteiger partial charge in [0.25, 0.3) is 5.91 Å². The van der Waals surface area contributed by atoms with Gasteiger partial charge in [-0.1, -0.05) is 30.4 Å². The first kappa shape index (κ1) is 21.1. The lowest BCUT2D eigenvalue weighted by Gasteiger charge is -2.14. The van der Waals surface area contributed by atoms with Crippen molar-refractivity contribution in [2.75, 3.05) is 10.6 Å². The lowest BCUT2D eigenvalue weighted by Crippen LogP contribution is -2.24. The average molecular weight is 452 g/mol. The van der Waals surface area contributed by atoms with Gasteiger partial charge in [0.15, 0.2) is 10.9 Å². The Labute approximate surface area is 188 Å². The van der Waals surface area contributed by atoms with Gasteiger partial charge in [0.1, 0.15) is 0 Å². The SMILES string of the molecule is CCC(Sc1cccc(NC(=O)c2ccco2)c1)C(=O)Nc1nc2ccc(C)cc2s1. The van der Waals surface area contributed by atoms with Crippen molar-refractivity contribution in [1.82, 2.24) is 4.98 Å². The van der Waals surface area contributed by atoms with Gasteiger partial charge in [-0.25, -0.2) is 4.98 Å². The molecule has 0 aliphatic heterocycles. The second-order valence-corrected chi connectivity index (χ2v) is 9.26. The summed E-state index contributed by atoms with van der Waals surface area (Å²) in [4.78, 5) is 30.4. The largest absolute Gasteiger partial charge is 0.459 e. The molecule has 1 atom stereocenters. The molecule has 0 radical (unpaired) electrons. The van der Waals surface area contributed by atoms with E-state index < -0.39 is 0 Å². The molecule has 158 valence electrons. The molecule has 0 spiro atoms. The Kier molecular flexibility index (Phi) is 6.39. The molecule has 4 rings (SSSR count). The number of hydrogen-bond acceptors (Lipinski definition) is 6. The van der Waals surface area contributed by atoms with Gasteiger partial charge in [0.05, 0.1) is 21.7 Å². The van der Waals surface area contributed by atoms with Crippen molar-refractivity contribution in [2.24, 2.45) is 0 Å². The quantitative estimate of drug-likeness (QED) is 0.339. The highest BCUT2D eigenvalue weighted by Gasteiger charge is 2.20. The highest BCUT2D eigenvalue weighted by molar-refractivity contribution is 8.00. The molecule has 4 aromatic rings. The van der Waals surface area contributed by atoms with Crippen LogP contribution in [0.1, 0.15) is 29.5 Å². The summed E-state index contributed by atoms with van der Waals surface area (Å²) in [7, 11) is 0. The van der Waals surface area contributed by atoms with Gasteiger partial charge in [-0.05, 0) is 61.4 Å². The summed E-state index contributed by atoms with van der Waals surface area (Å²) in [5.74, 6) is -0.161. The van der Waals surface area contributed by atoms with Crippen LogP contribution >= 0.6 is 23.1 Å². The van der Waals surface area contributed by atoms with Crippen molar-refractivity contribution in [3.63, 3.8) is 0 Å². The number of carbonyl (C=O) groups is 2. The standard InChI is InChI=1S/C23H21N3O3S2/c1-3-19(22(28)26-23-25-17-10-9-14(2)12-20(17)31-23)30-16-7-4-6-15(13-16)24-21(27)18-8-5-11-29-18/h4-13,19H,3H2,1-2H3,(H,24,27)(H,25,26,28). The first-order chi connectivity index (χ1) is 15.0. The van der Waals surface area contributed by atoms with Crippen LogP contribution in [0.4, 0.5) is 10.8 Å². The molecule has 2 aromatic heterocycles. The molecule has 31 heavy (non-hydrogen) atoms. The number of rotatable bonds is 7. The van der Waals surface area contributed by atoms with E-state index in [9.17, 15) is 9.59 Å². The first-order valence-electron chi connectivity index (χ1n) is 9.81. The van der Waals surface area contributed by atoms with Crippen LogP contribution in [0.3, 0.4) is 0 Å². The number of furan rings is 1. The number of amides is 2. The Balaban J connectivity index is 1.43. The van der Waals surface area contributed by atoms with Gasteiger partial charge >= 0.3 is 0 Å². The maximum absolute atomic E-state index is 12.9. The number of nitrogens with zero attached hydrogens (tertiary/aromatic N) is 1. The van der Waals surface area contributed by atoms with Gasteiger partial charge in [-0.3, -0.25) is 9.59 Å². The summed E-state index contributed by atoms with van der Waals surface area (Å²) < 4.78 is 6.17. The van der Waals surface area contributed by atoms with Gasteiger partial charge in [-0.2, -0.15) is 0 Å². The molecule has 0 bridgehead atoms. The number of thioether (sulfide) groups is 1. The molecule has 2 heterocycles. The van der Waals surface area contributed by atoms with E-state index in [4.69, 9.17) is 4.42 Å². The Morgan fingerprint density at radius 2 is 2.00 bits per heavy atom. The summed E-state index contributed by atoms with van der Waals surface area (Å²) in [6.45, 7) is 4.01. The Hall–Kier alpha value is -3.10. The Morgan fingerprint density at radius 1 is 1.13 bits per heavy atom. The lowest BCUT2D eigenvalue weighted by atomic mass is 10.2. The molecule has 0 aliphatic carbocycles. The van der Waals surface area contributed by atoms with Gasteiger partial charge < -0.3 is 15.1 Å². The minimum absolute atomic E-state index is 0.0895. The number of aryl methyl sites for hydroxylation is 1. The third-order valence-corrected chi connectivity index (χ3v) is 6.84. The normalized spacial score (nSPS) is 11.9. The molecule has 2 aromatic carbocycles. The summed E-state index contributed by atoms with van der Waals surface area (Å²) >= 11 is 2.93. The molecule has 2 N–H and O–H groups in total. The van der Waals surface area contributed by atoms with Crippen molar-refractivity contribution < 1.29 is 14.0 Å². The number of benzene rings is 2. The van der Waals surface area contributed by atoms with Crippen molar-refractivity contribution >= 4 is 55.9 Å². The van der Waals surface area contributed by atoms with Crippen LogP contribution in [0.5, 0.6) is 0 Å². The van der Waals surface area contributed by atoms with E-state index >= 15 is 0 Å². The van der Waals surface area contributed by atoms with Crippen LogP contribution < -0.4 is 10.6 Å². The molecule has 0 aliphatic rings. The van der Waals surface area contributed by atoms with E-state index in [1.807, 2.05) is 44.2 Å². The fraction of sp³-hybridized carbons (Fsp3) is 0.174. The highest BCUT2D eigenvalue weighted by Crippen LogP contribution is 2.31. The molecular formula is C23H21N3O3S2. The second kappa shape index (κ2) is 9.36. The topological polar surface area (TPSA) is 84.2 Å². The Morgan fingerprint density at radius 3 is 2.77 bits per heavy atom. The summed E-state index contributed by atoms with van der Waals surface area (Å²) in [5, 5.41) is 6.08. The molecule has 0 saturated heterocycles. The Bertz CT molecular complexity index is 1220. The molecule has 2 amide bonds. The first-order valence-corrected chi connectivity index (χ1v) is 11.5. The minimum atomic E-state index is -0.317. The van der Waals surface area contributed by atoms with Crippen molar-refractivity contribution in [1.29, 1.82) is 0 Å². The van der Waals surface area contributed by atoms with Crippen LogP contribution in [-0.4, -0.2) is 22.0 Å². The zero-order valence-corrected chi connectivity index (χ0v) is 18.7. The molecule has 0 fully saturated rings. The van der Waals surface area contributed by atoms with Gasteiger partial charge in [-0.15, -0.1) is 11.8 Å². The van der Waals surface area contributed by atoms with Crippen LogP contribution in [0, 0.1) is 6.92 Å². The van der Waals surface area contributed by atoms with Gasteiger partial charge in [0, 0.05) is 10.6 Å². The second-order valence-electron chi connectivity index (χ2n) is 6.95. The fourth-order valence-electron chi connectivity index (χ4n) is 3.01. The van der Waals surface area contributed by atoms with E-state index in [2.05, 4.69) is 21.7 Å². The third kappa shape index (κ3) is 5.15. The number of fused-ring (bicyclic) bond motifs is 1. The fourth-order valence-corrected chi connectivity index (χ4v) is 4.99. The van der Waals surface area contributed by atoms with Crippen LogP contribution in [0.15, 0.2) is 70.2 Å². The summed E-state index contributed by atoms with van der Waals surface area (Å²) in [6.07, 6.45) is 2.11. The van der Waals surface area contributed by atoms with Crippen LogP contribution in [-0.2, 0) is 4.79 Å². The maximum Gasteiger partial charge on any atom is 0.291 e. The van der Waals surface area contributed by atoms with Crippen LogP contribution in [0.2, 0.25) is 0 Å². The zero-order chi connectivity index (χ0) is 21.8. The van der Waals surface area contributed by atoms with E-state index in [1.54, 1.807) is 18.2 Å². The number of thiazole rings is 1.